The number of hydrogen-bond donors (Lipinski definition) is 2. The summed E-state index contributed by atoms with van der Waals surface area (Å²) in [5.74, 6) is 0. The zero-order chi connectivity index (χ0) is 15.3. The van der Waals surface area contributed by atoms with E-state index in [0.717, 1.165) is 58.7 Å². The normalized spacial score (nSPS) is 14.7. The number of rotatable bonds is 14. The van der Waals surface area contributed by atoms with Crippen molar-refractivity contribution in [2.24, 2.45) is 0 Å². The van der Waals surface area contributed by atoms with Crippen LogP contribution in [0.3, 0.4) is 0 Å². The highest BCUT2D eigenvalue weighted by molar-refractivity contribution is 4.82. The van der Waals surface area contributed by atoms with Gasteiger partial charge in [-0.1, -0.05) is 6.92 Å². The fraction of sp³-hybridized carbons (Fsp3) is 1.00. The third-order valence-electron chi connectivity index (χ3n) is 3.58. The Morgan fingerprint density at radius 1 is 1.10 bits per heavy atom. The van der Waals surface area contributed by atoms with Gasteiger partial charge in [-0.2, -0.15) is 0 Å². The molecule has 0 bridgehead atoms. The first-order valence-electron chi connectivity index (χ1n) is 7.68. The maximum absolute atomic E-state index is 9.54. The molecular weight excluding hydrogens is 256 g/mol. The van der Waals surface area contributed by atoms with Crippen molar-refractivity contribution in [2.45, 2.75) is 38.6 Å². The molecule has 5 nitrogen and oxygen atoms in total. The van der Waals surface area contributed by atoms with E-state index in [2.05, 4.69) is 24.1 Å². The van der Waals surface area contributed by atoms with Crippen LogP contribution in [-0.2, 0) is 9.47 Å². The largest absolute Gasteiger partial charge is 0.394 e. The van der Waals surface area contributed by atoms with E-state index < -0.39 is 0 Å². The van der Waals surface area contributed by atoms with Crippen molar-refractivity contribution >= 4 is 0 Å². The average Bonchev–Trinajstić information content (AvgIpc) is 2.47. The molecule has 0 spiro atoms. The van der Waals surface area contributed by atoms with Gasteiger partial charge in [0.2, 0.25) is 0 Å². The van der Waals surface area contributed by atoms with E-state index >= 15 is 0 Å². The second-order valence-corrected chi connectivity index (χ2v) is 5.58. The molecule has 0 fully saturated rings. The monoisotopic (exact) mass is 290 g/mol. The van der Waals surface area contributed by atoms with Gasteiger partial charge in [-0.25, -0.2) is 0 Å². The zero-order valence-corrected chi connectivity index (χ0v) is 13.8. The summed E-state index contributed by atoms with van der Waals surface area (Å²) in [4.78, 5) is 2.35. The predicted octanol–water partition coefficient (Wildman–Crippen LogP) is 1.11. The Labute approximate surface area is 124 Å². The molecule has 5 heteroatoms. The van der Waals surface area contributed by atoms with Crippen LogP contribution in [0, 0.1) is 0 Å². The molecule has 0 aromatic carbocycles. The molecule has 0 saturated heterocycles. The first kappa shape index (κ1) is 19.8. The molecule has 0 heterocycles. The molecule has 0 aliphatic rings. The molecule has 0 aromatic rings. The van der Waals surface area contributed by atoms with E-state index in [1.54, 1.807) is 14.2 Å². The van der Waals surface area contributed by atoms with Crippen molar-refractivity contribution < 1.29 is 14.6 Å². The van der Waals surface area contributed by atoms with Crippen LogP contribution in [0.25, 0.3) is 0 Å². The summed E-state index contributed by atoms with van der Waals surface area (Å²) in [6.07, 6.45) is 3.12. The van der Waals surface area contributed by atoms with Gasteiger partial charge in [-0.15, -0.1) is 0 Å². The van der Waals surface area contributed by atoms with E-state index in [9.17, 15) is 5.11 Å². The van der Waals surface area contributed by atoms with Crippen molar-refractivity contribution in [1.82, 2.24) is 10.2 Å². The van der Waals surface area contributed by atoms with Crippen LogP contribution >= 0.6 is 0 Å². The lowest BCUT2D eigenvalue weighted by atomic mass is 9.96. The zero-order valence-electron chi connectivity index (χ0n) is 13.8. The lowest BCUT2D eigenvalue weighted by Crippen LogP contribution is -2.46. The summed E-state index contributed by atoms with van der Waals surface area (Å²) in [6.45, 7) is 9.73. The van der Waals surface area contributed by atoms with Crippen LogP contribution in [0.4, 0.5) is 0 Å². The van der Waals surface area contributed by atoms with E-state index in [-0.39, 0.29) is 12.1 Å². The highest BCUT2D eigenvalue weighted by Gasteiger charge is 2.21. The van der Waals surface area contributed by atoms with Gasteiger partial charge >= 0.3 is 0 Å². The van der Waals surface area contributed by atoms with Gasteiger partial charge in [0, 0.05) is 32.8 Å². The van der Waals surface area contributed by atoms with Crippen molar-refractivity contribution in [3.8, 4) is 0 Å². The number of nitrogens with one attached hydrogen (secondary N) is 1. The van der Waals surface area contributed by atoms with E-state index in [1.807, 2.05) is 0 Å². The van der Waals surface area contributed by atoms with Crippen molar-refractivity contribution in [2.75, 3.05) is 60.2 Å². The van der Waals surface area contributed by atoms with E-state index in [4.69, 9.17) is 9.47 Å². The van der Waals surface area contributed by atoms with Crippen LogP contribution in [0.1, 0.15) is 33.1 Å². The Bertz CT molecular complexity index is 209. The molecular formula is C15H34N2O3. The molecule has 1 unspecified atom stereocenters. The predicted molar refractivity (Wildman–Crippen MR) is 83.2 cm³/mol. The molecule has 20 heavy (non-hydrogen) atoms. The minimum Gasteiger partial charge on any atom is -0.394 e. The molecule has 0 aliphatic heterocycles. The second-order valence-electron chi connectivity index (χ2n) is 5.58. The molecule has 1 atom stereocenters. The summed E-state index contributed by atoms with van der Waals surface area (Å²) in [6, 6.07) is 0. The topological polar surface area (TPSA) is 54.0 Å². The minimum absolute atomic E-state index is 0.163. The highest BCUT2D eigenvalue weighted by atomic mass is 16.5. The first-order chi connectivity index (χ1) is 9.61. The summed E-state index contributed by atoms with van der Waals surface area (Å²) in [7, 11) is 3.46. The molecule has 122 valence electrons. The van der Waals surface area contributed by atoms with Gasteiger partial charge in [-0.05, 0) is 39.3 Å². The fourth-order valence-corrected chi connectivity index (χ4v) is 2.12. The van der Waals surface area contributed by atoms with E-state index in [0.29, 0.717) is 0 Å². The van der Waals surface area contributed by atoms with Gasteiger partial charge in [-0.3, -0.25) is 4.90 Å². The van der Waals surface area contributed by atoms with Gasteiger partial charge in [0.15, 0.2) is 0 Å². The molecule has 0 rings (SSSR count). The van der Waals surface area contributed by atoms with Crippen LogP contribution < -0.4 is 5.32 Å². The van der Waals surface area contributed by atoms with Crippen molar-refractivity contribution in [1.29, 1.82) is 0 Å². The van der Waals surface area contributed by atoms with Gasteiger partial charge in [0.25, 0.3) is 0 Å². The van der Waals surface area contributed by atoms with E-state index in [1.165, 1.54) is 0 Å². The Kier molecular flexibility index (Phi) is 12.4. The molecule has 0 aliphatic carbocycles. The highest BCUT2D eigenvalue weighted by Crippen LogP contribution is 2.12. The van der Waals surface area contributed by atoms with Crippen LogP contribution in [0.15, 0.2) is 0 Å². The number of aliphatic hydroxyl groups excluding tert-OH is 1. The SMILES string of the molecule is CCCNC(C)(CO)CCCN(CCOC)CCOC. The number of methoxy groups -OCH3 is 2. The molecule has 0 aromatic heterocycles. The Morgan fingerprint density at radius 3 is 2.15 bits per heavy atom. The first-order valence-corrected chi connectivity index (χ1v) is 7.68. The van der Waals surface area contributed by atoms with Gasteiger partial charge in [0.1, 0.15) is 0 Å². The second kappa shape index (κ2) is 12.5. The third kappa shape index (κ3) is 9.66. The molecule has 0 amide bonds. The lowest BCUT2D eigenvalue weighted by Gasteiger charge is -2.30. The molecule has 2 N–H and O–H groups in total. The van der Waals surface area contributed by atoms with Gasteiger partial charge in [0.05, 0.1) is 19.8 Å². The van der Waals surface area contributed by atoms with Crippen LogP contribution in [0.5, 0.6) is 0 Å². The Hall–Kier alpha value is -0.200. The van der Waals surface area contributed by atoms with Crippen LogP contribution in [-0.4, -0.2) is 75.8 Å². The maximum Gasteiger partial charge on any atom is 0.0610 e. The average molecular weight is 290 g/mol. The smallest absolute Gasteiger partial charge is 0.0610 e. The summed E-state index contributed by atoms with van der Waals surface area (Å²) >= 11 is 0. The standard InChI is InChI=1S/C15H34N2O3/c1-5-8-16-15(2,14-18)7-6-9-17(10-12-19-3)11-13-20-4/h16,18H,5-14H2,1-4H3. The van der Waals surface area contributed by atoms with Crippen LogP contribution in [0.2, 0.25) is 0 Å². The Morgan fingerprint density at radius 2 is 1.70 bits per heavy atom. The summed E-state index contributed by atoms with van der Waals surface area (Å²) in [5.41, 5.74) is -0.163. The molecule has 0 saturated carbocycles. The fourth-order valence-electron chi connectivity index (χ4n) is 2.12. The lowest BCUT2D eigenvalue weighted by molar-refractivity contribution is 0.107. The number of nitrogens with zero attached hydrogens (tertiary/aromatic N) is 1. The molecule has 0 radical (unpaired) electrons. The number of ether oxygens (including phenoxy) is 2. The third-order valence-corrected chi connectivity index (χ3v) is 3.58. The quantitative estimate of drug-likeness (QED) is 0.502. The number of hydrogen-bond acceptors (Lipinski definition) is 5. The summed E-state index contributed by atoms with van der Waals surface area (Å²) in [5, 5.41) is 13.0. The van der Waals surface area contributed by atoms with Crippen molar-refractivity contribution in [3.05, 3.63) is 0 Å². The summed E-state index contributed by atoms with van der Waals surface area (Å²) < 4.78 is 10.3. The minimum atomic E-state index is -0.163. The van der Waals surface area contributed by atoms with Crippen molar-refractivity contribution in [3.63, 3.8) is 0 Å². The Balaban J connectivity index is 4.04. The number of aliphatic hydroxyl groups is 1. The van der Waals surface area contributed by atoms with Gasteiger partial charge < -0.3 is 19.9 Å². The maximum atomic E-state index is 9.54.